The van der Waals surface area contributed by atoms with Crippen LogP contribution in [0.25, 0.3) is 0 Å². The zero-order chi connectivity index (χ0) is 20.0. The Labute approximate surface area is 161 Å². The zero-order valence-electron chi connectivity index (χ0n) is 16.1. The average Bonchev–Trinajstić information content (AvgIpc) is 2.65. The number of ether oxygens (including phenoxy) is 1. The van der Waals surface area contributed by atoms with E-state index in [0.29, 0.717) is 12.1 Å². The average molecular weight is 391 g/mol. The van der Waals surface area contributed by atoms with E-state index < -0.39 is 10.0 Å². The van der Waals surface area contributed by atoms with Crippen molar-refractivity contribution in [1.82, 2.24) is 5.32 Å². The molecule has 6 nitrogen and oxygen atoms in total. The second-order valence-electron chi connectivity index (χ2n) is 6.31. The molecule has 2 rings (SSSR count). The van der Waals surface area contributed by atoms with Crippen LogP contribution in [-0.4, -0.2) is 34.2 Å². The maximum Gasteiger partial charge on any atom is 0.241 e. The number of hydrogen-bond donors (Lipinski definition) is 1. The smallest absolute Gasteiger partial charge is 0.241 e. The Bertz CT molecular complexity index is 879. The largest absolute Gasteiger partial charge is 0.497 e. The number of rotatable bonds is 8. The molecule has 0 spiro atoms. The van der Waals surface area contributed by atoms with E-state index in [2.05, 4.69) is 5.32 Å². The van der Waals surface area contributed by atoms with E-state index >= 15 is 0 Å². The van der Waals surface area contributed by atoms with Gasteiger partial charge in [-0.15, -0.1) is 0 Å². The Morgan fingerprint density at radius 1 is 1.15 bits per heavy atom. The van der Waals surface area contributed by atoms with Crippen molar-refractivity contribution in [3.05, 3.63) is 59.7 Å². The van der Waals surface area contributed by atoms with Crippen molar-refractivity contribution in [1.29, 1.82) is 0 Å². The molecule has 1 amide bonds. The molecule has 146 valence electrons. The molecule has 0 heterocycles. The standard InChI is InChI=1S/C20H26N2O4S/c1-5-16-8-6-7-9-19(16)22(27(4,24)25)14-20(23)21-15(2)17-10-12-18(26-3)13-11-17/h6-13,15H,5,14H2,1-4H3,(H,21,23)/t15-/m1/s1. The highest BCUT2D eigenvalue weighted by Gasteiger charge is 2.23. The lowest BCUT2D eigenvalue weighted by atomic mass is 10.1. The third-order valence-electron chi connectivity index (χ3n) is 4.32. The maximum absolute atomic E-state index is 12.5. The molecule has 0 saturated carbocycles. The molecule has 0 aromatic heterocycles. The Morgan fingerprint density at radius 2 is 1.78 bits per heavy atom. The highest BCUT2D eigenvalue weighted by Crippen LogP contribution is 2.23. The van der Waals surface area contributed by atoms with Crippen LogP contribution in [0.5, 0.6) is 5.75 Å². The molecule has 0 radical (unpaired) electrons. The number of carbonyl (C=O) groups excluding carboxylic acids is 1. The number of anilines is 1. The number of nitrogens with one attached hydrogen (secondary N) is 1. The molecule has 2 aromatic rings. The number of amides is 1. The van der Waals surface area contributed by atoms with Crippen LogP contribution >= 0.6 is 0 Å². The van der Waals surface area contributed by atoms with Gasteiger partial charge in [-0.25, -0.2) is 8.42 Å². The number of para-hydroxylation sites is 1. The fraction of sp³-hybridized carbons (Fsp3) is 0.350. The molecular weight excluding hydrogens is 364 g/mol. The van der Waals surface area contributed by atoms with Crippen molar-refractivity contribution in [2.24, 2.45) is 0 Å². The van der Waals surface area contributed by atoms with Crippen molar-refractivity contribution in [2.75, 3.05) is 24.2 Å². The predicted octanol–water partition coefficient (Wildman–Crippen LogP) is 2.90. The van der Waals surface area contributed by atoms with Gasteiger partial charge in [-0.1, -0.05) is 37.3 Å². The van der Waals surface area contributed by atoms with E-state index in [1.54, 1.807) is 19.2 Å². The number of hydrogen-bond acceptors (Lipinski definition) is 4. The Hall–Kier alpha value is -2.54. The summed E-state index contributed by atoms with van der Waals surface area (Å²) in [6, 6.07) is 14.3. The van der Waals surface area contributed by atoms with Crippen LogP contribution in [-0.2, 0) is 21.2 Å². The topological polar surface area (TPSA) is 75.7 Å². The second kappa shape index (κ2) is 8.90. The van der Waals surface area contributed by atoms with Gasteiger partial charge in [-0.05, 0) is 42.7 Å². The molecule has 1 N–H and O–H groups in total. The summed E-state index contributed by atoms with van der Waals surface area (Å²) in [5.41, 5.74) is 2.32. The molecule has 0 aliphatic rings. The van der Waals surface area contributed by atoms with Gasteiger partial charge in [0, 0.05) is 0 Å². The summed E-state index contributed by atoms with van der Waals surface area (Å²) < 4.78 is 30.9. The first-order valence-corrected chi connectivity index (χ1v) is 10.6. The highest BCUT2D eigenvalue weighted by molar-refractivity contribution is 7.92. The minimum Gasteiger partial charge on any atom is -0.497 e. The summed E-state index contributed by atoms with van der Waals surface area (Å²) >= 11 is 0. The molecule has 0 aliphatic carbocycles. The number of nitrogens with zero attached hydrogens (tertiary/aromatic N) is 1. The van der Waals surface area contributed by atoms with Crippen LogP contribution < -0.4 is 14.4 Å². The van der Waals surface area contributed by atoms with Crippen LogP contribution in [0.15, 0.2) is 48.5 Å². The quantitative estimate of drug-likeness (QED) is 0.752. The first-order valence-electron chi connectivity index (χ1n) is 8.75. The molecule has 2 aromatic carbocycles. The number of methoxy groups -OCH3 is 1. The van der Waals surface area contributed by atoms with Crippen molar-refractivity contribution in [3.63, 3.8) is 0 Å². The monoisotopic (exact) mass is 390 g/mol. The fourth-order valence-electron chi connectivity index (χ4n) is 2.83. The van der Waals surface area contributed by atoms with Gasteiger partial charge in [-0.3, -0.25) is 9.10 Å². The molecule has 7 heteroatoms. The van der Waals surface area contributed by atoms with E-state index in [-0.39, 0.29) is 18.5 Å². The Kier molecular flexibility index (Phi) is 6.85. The first-order chi connectivity index (χ1) is 12.8. The molecular formula is C20H26N2O4S. The van der Waals surface area contributed by atoms with E-state index in [1.807, 2.05) is 50.2 Å². The highest BCUT2D eigenvalue weighted by atomic mass is 32.2. The normalized spacial score (nSPS) is 12.3. The van der Waals surface area contributed by atoms with Crippen molar-refractivity contribution in [3.8, 4) is 5.75 Å². The number of sulfonamides is 1. The number of aryl methyl sites for hydroxylation is 1. The van der Waals surface area contributed by atoms with E-state index in [0.717, 1.165) is 27.4 Å². The van der Waals surface area contributed by atoms with Crippen LogP contribution in [0.2, 0.25) is 0 Å². The van der Waals surface area contributed by atoms with E-state index in [1.165, 1.54) is 0 Å². The van der Waals surface area contributed by atoms with Gasteiger partial charge in [0.05, 0.1) is 25.1 Å². The summed E-state index contributed by atoms with van der Waals surface area (Å²) in [6.45, 7) is 3.53. The van der Waals surface area contributed by atoms with E-state index in [9.17, 15) is 13.2 Å². The summed E-state index contributed by atoms with van der Waals surface area (Å²) in [5.74, 6) is 0.367. The molecule has 0 aliphatic heterocycles. The van der Waals surface area contributed by atoms with Crippen LogP contribution in [0, 0.1) is 0 Å². The SMILES string of the molecule is CCc1ccccc1N(CC(=O)N[C@H](C)c1ccc(OC)cc1)S(C)(=O)=O. The number of benzene rings is 2. The summed E-state index contributed by atoms with van der Waals surface area (Å²) in [4.78, 5) is 12.5. The summed E-state index contributed by atoms with van der Waals surface area (Å²) in [6.07, 6.45) is 1.78. The molecule has 0 fully saturated rings. The Balaban J connectivity index is 2.16. The molecule has 0 unspecified atom stereocenters. The van der Waals surface area contributed by atoms with Crippen LogP contribution in [0.1, 0.15) is 31.0 Å². The lowest BCUT2D eigenvalue weighted by Gasteiger charge is -2.25. The minimum absolute atomic E-state index is 0.258. The van der Waals surface area contributed by atoms with Crippen LogP contribution in [0.3, 0.4) is 0 Å². The zero-order valence-corrected chi connectivity index (χ0v) is 16.9. The lowest BCUT2D eigenvalue weighted by Crippen LogP contribution is -2.41. The van der Waals surface area contributed by atoms with Crippen molar-refractivity contribution < 1.29 is 17.9 Å². The van der Waals surface area contributed by atoms with Gasteiger partial charge in [0.25, 0.3) is 0 Å². The number of carbonyl (C=O) groups is 1. The molecule has 0 bridgehead atoms. The third-order valence-corrected chi connectivity index (χ3v) is 5.45. The van der Waals surface area contributed by atoms with Gasteiger partial charge < -0.3 is 10.1 Å². The third kappa shape index (κ3) is 5.47. The molecule has 1 atom stereocenters. The lowest BCUT2D eigenvalue weighted by molar-refractivity contribution is -0.120. The molecule has 27 heavy (non-hydrogen) atoms. The van der Waals surface area contributed by atoms with Gasteiger partial charge in [0.1, 0.15) is 12.3 Å². The van der Waals surface area contributed by atoms with Gasteiger partial charge in [0.15, 0.2) is 0 Å². The first kappa shape index (κ1) is 20.8. The maximum atomic E-state index is 12.5. The fourth-order valence-corrected chi connectivity index (χ4v) is 3.71. The molecule has 0 saturated heterocycles. The van der Waals surface area contributed by atoms with Gasteiger partial charge in [-0.2, -0.15) is 0 Å². The minimum atomic E-state index is -3.60. The van der Waals surface area contributed by atoms with Gasteiger partial charge in [0.2, 0.25) is 15.9 Å². The van der Waals surface area contributed by atoms with Crippen molar-refractivity contribution >= 4 is 21.6 Å². The van der Waals surface area contributed by atoms with E-state index in [4.69, 9.17) is 4.74 Å². The summed E-state index contributed by atoms with van der Waals surface area (Å²) in [5, 5.41) is 2.86. The van der Waals surface area contributed by atoms with Crippen molar-refractivity contribution in [2.45, 2.75) is 26.3 Å². The van der Waals surface area contributed by atoms with Crippen LogP contribution in [0.4, 0.5) is 5.69 Å². The van der Waals surface area contributed by atoms with Gasteiger partial charge >= 0.3 is 0 Å². The summed E-state index contributed by atoms with van der Waals surface area (Å²) in [7, 11) is -2.01. The second-order valence-corrected chi connectivity index (χ2v) is 8.22. The predicted molar refractivity (Wildman–Crippen MR) is 108 cm³/mol. The Morgan fingerprint density at radius 3 is 2.33 bits per heavy atom.